The van der Waals surface area contributed by atoms with E-state index in [1.807, 2.05) is 25.1 Å². The number of rotatable bonds is 7. The largest absolute Gasteiger partial charge is 0.207 e. The lowest BCUT2D eigenvalue weighted by atomic mass is 9.92. The molecule has 0 saturated heterocycles. The van der Waals surface area contributed by atoms with Crippen LogP contribution in [0.2, 0.25) is 0 Å². The molecule has 4 aromatic carbocycles. The van der Waals surface area contributed by atoms with E-state index in [0.29, 0.717) is 18.8 Å². The van der Waals surface area contributed by atoms with Crippen LogP contribution in [0.15, 0.2) is 84.9 Å². The van der Waals surface area contributed by atoms with Crippen molar-refractivity contribution in [2.45, 2.75) is 39.0 Å². The number of hydrogen-bond acceptors (Lipinski definition) is 0. The first-order chi connectivity index (χ1) is 16.0. The summed E-state index contributed by atoms with van der Waals surface area (Å²) in [5.41, 5.74) is 4.59. The van der Waals surface area contributed by atoms with Crippen molar-refractivity contribution in [3.63, 3.8) is 0 Å². The first kappa shape index (κ1) is 22.8. The summed E-state index contributed by atoms with van der Waals surface area (Å²) in [6.45, 7) is 4.07. The maximum absolute atomic E-state index is 14.9. The van der Waals surface area contributed by atoms with Crippen molar-refractivity contribution in [3.05, 3.63) is 119 Å². The molecule has 1 atom stereocenters. The van der Waals surface area contributed by atoms with Crippen molar-refractivity contribution < 1.29 is 13.2 Å². The number of hydrogen-bond donors (Lipinski definition) is 0. The van der Waals surface area contributed by atoms with Crippen LogP contribution in [0, 0.1) is 17.5 Å². The van der Waals surface area contributed by atoms with Crippen LogP contribution in [0.25, 0.3) is 22.3 Å². The summed E-state index contributed by atoms with van der Waals surface area (Å²) in [4.78, 5) is 0. The molecule has 0 bridgehead atoms. The van der Waals surface area contributed by atoms with Crippen molar-refractivity contribution >= 4 is 0 Å². The van der Waals surface area contributed by atoms with E-state index in [1.54, 1.807) is 12.1 Å². The average molecular weight is 445 g/mol. The second kappa shape index (κ2) is 10.1. The molecule has 4 aromatic rings. The summed E-state index contributed by atoms with van der Waals surface area (Å²) in [5, 5.41) is 0. The van der Waals surface area contributed by atoms with Crippen LogP contribution in [-0.2, 0) is 12.8 Å². The molecule has 0 radical (unpaired) electrons. The summed E-state index contributed by atoms with van der Waals surface area (Å²) in [5.74, 6) is -1.36. The highest BCUT2D eigenvalue weighted by Crippen LogP contribution is 2.31. The zero-order valence-corrected chi connectivity index (χ0v) is 18.9. The fraction of sp³-hybridized carbons (Fsp3) is 0.200. The third kappa shape index (κ3) is 5.19. The Morgan fingerprint density at radius 2 is 1.27 bits per heavy atom. The molecule has 0 aliphatic heterocycles. The van der Waals surface area contributed by atoms with Crippen molar-refractivity contribution in [2.24, 2.45) is 0 Å². The van der Waals surface area contributed by atoms with Gasteiger partial charge in [-0.1, -0.05) is 87.0 Å². The molecule has 0 amide bonds. The fourth-order valence-electron chi connectivity index (χ4n) is 4.26. The molecule has 0 heterocycles. The Balaban J connectivity index is 1.53. The second-order valence-electron chi connectivity index (χ2n) is 8.58. The molecule has 0 N–H and O–H groups in total. The SMILES string of the molecule is CCCc1c(F)cc(-c2ccc(-c3ccc(C[C@@H](C)c4ccccc4)cc3)cc2F)cc1F. The minimum absolute atomic E-state index is 0.0555. The van der Waals surface area contributed by atoms with E-state index in [2.05, 4.69) is 43.3 Å². The van der Waals surface area contributed by atoms with E-state index >= 15 is 0 Å². The Morgan fingerprint density at radius 1 is 0.667 bits per heavy atom. The standard InChI is InChI=1S/C30H27F3/c1-3-7-27-29(32)18-25(19-30(27)33)26-15-14-24(17-28(26)31)23-12-10-21(11-13-23)16-20(2)22-8-5-4-6-9-22/h4-6,8-15,17-20H,3,7,16H2,1-2H3/t20-/m1/s1. The molecular weight excluding hydrogens is 417 g/mol. The third-order valence-corrected chi connectivity index (χ3v) is 6.12. The normalized spacial score (nSPS) is 12.0. The van der Waals surface area contributed by atoms with Gasteiger partial charge in [0.2, 0.25) is 0 Å². The summed E-state index contributed by atoms with van der Waals surface area (Å²) in [6, 6.07) is 25.7. The van der Waals surface area contributed by atoms with Gasteiger partial charge in [0, 0.05) is 11.1 Å². The van der Waals surface area contributed by atoms with Crippen molar-refractivity contribution in [1.82, 2.24) is 0 Å². The monoisotopic (exact) mass is 444 g/mol. The lowest BCUT2D eigenvalue weighted by molar-refractivity contribution is 0.553. The van der Waals surface area contributed by atoms with Crippen LogP contribution in [0.1, 0.15) is 42.9 Å². The highest BCUT2D eigenvalue weighted by atomic mass is 19.1. The first-order valence-corrected chi connectivity index (χ1v) is 11.4. The molecule has 33 heavy (non-hydrogen) atoms. The van der Waals surface area contributed by atoms with Gasteiger partial charge in [-0.3, -0.25) is 0 Å². The minimum Gasteiger partial charge on any atom is -0.207 e. The molecule has 3 heteroatoms. The topological polar surface area (TPSA) is 0 Å². The zero-order chi connectivity index (χ0) is 23.4. The van der Waals surface area contributed by atoms with Gasteiger partial charge in [0.05, 0.1) is 0 Å². The molecule has 0 aliphatic carbocycles. The summed E-state index contributed by atoms with van der Waals surface area (Å²) in [6.07, 6.45) is 1.88. The Bertz CT molecular complexity index is 1200. The van der Waals surface area contributed by atoms with Gasteiger partial charge in [0.15, 0.2) is 0 Å². The predicted octanol–water partition coefficient (Wildman–Crippen LogP) is 8.74. The highest BCUT2D eigenvalue weighted by Gasteiger charge is 2.14. The molecule has 0 unspecified atom stereocenters. The summed E-state index contributed by atoms with van der Waals surface area (Å²) in [7, 11) is 0. The summed E-state index contributed by atoms with van der Waals surface area (Å²) >= 11 is 0. The van der Waals surface area contributed by atoms with Crippen LogP contribution in [0.5, 0.6) is 0 Å². The predicted molar refractivity (Wildman–Crippen MR) is 130 cm³/mol. The van der Waals surface area contributed by atoms with E-state index in [4.69, 9.17) is 0 Å². The van der Waals surface area contributed by atoms with Gasteiger partial charge < -0.3 is 0 Å². The number of benzene rings is 4. The average Bonchev–Trinajstić information content (AvgIpc) is 2.82. The molecule has 0 aliphatic rings. The smallest absolute Gasteiger partial charge is 0.131 e. The van der Waals surface area contributed by atoms with Gasteiger partial charge in [-0.2, -0.15) is 0 Å². The molecule has 168 valence electrons. The lowest BCUT2D eigenvalue weighted by Gasteiger charge is -2.13. The third-order valence-electron chi connectivity index (χ3n) is 6.12. The Kier molecular flexibility index (Phi) is 6.98. The van der Waals surface area contributed by atoms with Gasteiger partial charge in [-0.25, -0.2) is 13.2 Å². The number of halogens is 3. The molecule has 0 saturated carbocycles. The van der Waals surface area contributed by atoms with E-state index < -0.39 is 17.5 Å². The minimum atomic E-state index is -0.629. The first-order valence-electron chi connectivity index (χ1n) is 11.4. The van der Waals surface area contributed by atoms with E-state index in [-0.39, 0.29) is 16.7 Å². The van der Waals surface area contributed by atoms with Crippen LogP contribution in [-0.4, -0.2) is 0 Å². The van der Waals surface area contributed by atoms with E-state index in [9.17, 15) is 13.2 Å². The maximum atomic E-state index is 14.9. The second-order valence-corrected chi connectivity index (χ2v) is 8.58. The van der Waals surface area contributed by atoms with Gasteiger partial charge in [0.25, 0.3) is 0 Å². The Hall–Kier alpha value is -3.33. The molecule has 0 fully saturated rings. The van der Waals surface area contributed by atoms with Crippen molar-refractivity contribution in [2.75, 3.05) is 0 Å². The van der Waals surface area contributed by atoms with Crippen molar-refractivity contribution in [1.29, 1.82) is 0 Å². The van der Waals surface area contributed by atoms with Crippen LogP contribution >= 0.6 is 0 Å². The van der Waals surface area contributed by atoms with Crippen molar-refractivity contribution in [3.8, 4) is 22.3 Å². The Morgan fingerprint density at radius 3 is 1.88 bits per heavy atom. The summed E-state index contributed by atoms with van der Waals surface area (Å²) < 4.78 is 43.6. The van der Waals surface area contributed by atoms with Gasteiger partial charge in [-0.05, 0) is 64.8 Å². The lowest BCUT2D eigenvalue weighted by Crippen LogP contribution is -1.98. The van der Waals surface area contributed by atoms with Gasteiger partial charge in [-0.15, -0.1) is 0 Å². The van der Waals surface area contributed by atoms with Crippen LogP contribution < -0.4 is 0 Å². The molecular formula is C30H27F3. The van der Waals surface area contributed by atoms with Gasteiger partial charge >= 0.3 is 0 Å². The van der Waals surface area contributed by atoms with E-state index in [0.717, 1.165) is 17.5 Å². The fourth-order valence-corrected chi connectivity index (χ4v) is 4.26. The molecule has 0 spiro atoms. The molecule has 0 aromatic heterocycles. The quantitative estimate of drug-likeness (QED) is 0.267. The van der Waals surface area contributed by atoms with Crippen LogP contribution in [0.4, 0.5) is 13.2 Å². The highest BCUT2D eigenvalue weighted by molar-refractivity contribution is 5.71. The van der Waals surface area contributed by atoms with E-state index in [1.165, 1.54) is 29.3 Å². The maximum Gasteiger partial charge on any atom is 0.131 e. The Labute approximate surface area is 193 Å². The molecule has 4 rings (SSSR count). The zero-order valence-electron chi connectivity index (χ0n) is 18.9. The van der Waals surface area contributed by atoms with Crippen LogP contribution in [0.3, 0.4) is 0 Å². The molecule has 0 nitrogen and oxygen atoms in total. The van der Waals surface area contributed by atoms with Gasteiger partial charge in [0.1, 0.15) is 17.5 Å².